The number of H-pyrrole nitrogens is 1. The molecule has 6 aromatic rings. The number of ether oxygens (including phenoxy) is 1. The minimum atomic E-state index is -1.25. The molecule has 6 N–H and O–H groups in total. The van der Waals surface area contributed by atoms with Crippen molar-refractivity contribution >= 4 is 75.0 Å². The number of hydrogen-bond donors (Lipinski definition) is 6. The fraction of sp³-hybridized carbons (Fsp3) is 0.158. The number of hydrogen-bond acceptors (Lipinski definition) is 9. The molecule has 1 atom stereocenters. The number of aromatic amines is 1. The molecular formula is C38H35ClN10O6. The Morgan fingerprint density at radius 2 is 1.51 bits per heavy atom. The van der Waals surface area contributed by atoms with Gasteiger partial charge in [-0.25, -0.2) is 9.59 Å². The summed E-state index contributed by atoms with van der Waals surface area (Å²) in [5.41, 5.74) is 2.73. The number of anilines is 4. The van der Waals surface area contributed by atoms with Crippen molar-refractivity contribution < 1.29 is 28.7 Å². The Morgan fingerprint density at radius 3 is 2.20 bits per heavy atom. The van der Waals surface area contributed by atoms with E-state index in [1.165, 1.54) is 17.1 Å². The lowest BCUT2D eigenvalue weighted by Gasteiger charge is -2.19. The normalized spacial score (nSPS) is 11.6. The van der Waals surface area contributed by atoms with Gasteiger partial charge in [-0.2, -0.15) is 4.68 Å². The van der Waals surface area contributed by atoms with Gasteiger partial charge in [0.05, 0.1) is 11.4 Å². The van der Waals surface area contributed by atoms with Gasteiger partial charge in [0, 0.05) is 39.4 Å². The van der Waals surface area contributed by atoms with Crippen LogP contribution in [0.5, 0.6) is 0 Å². The third-order valence-electron chi connectivity index (χ3n) is 7.82. The molecular weight excluding hydrogens is 728 g/mol. The summed E-state index contributed by atoms with van der Waals surface area (Å²) in [6.07, 6.45) is 1.27. The van der Waals surface area contributed by atoms with Gasteiger partial charge in [-0.15, -0.1) is 5.10 Å². The van der Waals surface area contributed by atoms with Crippen LogP contribution < -0.4 is 26.6 Å². The number of amides is 5. The minimum Gasteiger partial charge on any atom is -0.455 e. The van der Waals surface area contributed by atoms with Crippen LogP contribution in [-0.2, 0) is 25.5 Å². The molecule has 16 nitrogen and oxygen atoms in total. The van der Waals surface area contributed by atoms with E-state index in [0.29, 0.717) is 39.2 Å². The summed E-state index contributed by atoms with van der Waals surface area (Å²) in [5, 5.41) is 25.3. The Bertz CT molecular complexity index is 2360. The standard InChI is InChI=1S/C38H35ClN10O6/c1-38(2,3)55-36(53)31-19-23-18-27(14-15-28(23)44-31)41-33(50)30(17-22-9-12-26(13-10-22)43-37(54)42-25-7-5-4-6-8-25)46-35(52)34(51)45-29-20-24(39)11-16-32(29)49-21-40-47-48-49/h4-16,18-21,30,44H,17H2,1-3H3,(H,41,50)(H,45,51)(H,46,52)(H2,42,43,54)/t30-/m0/s1. The second-order valence-corrected chi connectivity index (χ2v) is 13.7. The van der Waals surface area contributed by atoms with Crippen molar-refractivity contribution in [3.8, 4) is 5.69 Å². The number of halogens is 1. The van der Waals surface area contributed by atoms with Crippen LogP contribution in [0.3, 0.4) is 0 Å². The fourth-order valence-electron chi connectivity index (χ4n) is 5.35. The van der Waals surface area contributed by atoms with Crippen molar-refractivity contribution in [2.75, 3.05) is 21.3 Å². The van der Waals surface area contributed by atoms with E-state index in [1.54, 1.807) is 106 Å². The van der Waals surface area contributed by atoms with Crippen molar-refractivity contribution in [3.05, 3.63) is 120 Å². The topological polar surface area (TPSA) is 214 Å². The molecule has 0 aliphatic carbocycles. The number of carbonyl (C=O) groups excluding carboxylic acids is 5. The van der Waals surface area contributed by atoms with Crippen molar-refractivity contribution in [1.29, 1.82) is 0 Å². The number of esters is 1. The molecule has 55 heavy (non-hydrogen) atoms. The summed E-state index contributed by atoms with van der Waals surface area (Å²) in [6, 6.07) is 25.0. The third-order valence-corrected chi connectivity index (χ3v) is 8.06. The molecule has 0 fully saturated rings. The Kier molecular flexibility index (Phi) is 11.2. The number of urea groups is 1. The second kappa shape index (κ2) is 16.3. The van der Waals surface area contributed by atoms with E-state index in [2.05, 4.69) is 47.1 Å². The van der Waals surface area contributed by atoms with Gasteiger partial charge in [0.15, 0.2) is 0 Å². The van der Waals surface area contributed by atoms with Crippen LogP contribution in [0.4, 0.5) is 27.5 Å². The first-order valence-corrected chi connectivity index (χ1v) is 17.2. The largest absolute Gasteiger partial charge is 0.455 e. The fourth-order valence-corrected chi connectivity index (χ4v) is 5.52. The van der Waals surface area contributed by atoms with E-state index in [9.17, 15) is 24.0 Å². The molecule has 0 bridgehead atoms. The highest BCUT2D eigenvalue weighted by Crippen LogP contribution is 2.25. The summed E-state index contributed by atoms with van der Waals surface area (Å²) in [6.45, 7) is 5.30. The molecule has 0 saturated heterocycles. The summed E-state index contributed by atoms with van der Waals surface area (Å²) in [7, 11) is 0. The summed E-state index contributed by atoms with van der Waals surface area (Å²) >= 11 is 6.17. The highest BCUT2D eigenvalue weighted by Gasteiger charge is 2.26. The second-order valence-electron chi connectivity index (χ2n) is 13.2. The molecule has 0 radical (unpaired) electrons. The minimum absolute atomic E-state index is 0.0381. The van der Waals surface area contributed by atoms with E-state index < -0.39 is 41.4 Å². The average molecular weight is 763 g/mol. The molecule has 0 unspecified atom stereocenters. The van der Waals surface area contributed by atoms with Crippen LogP contribution in [0, 0.1) is 0 Å². The van der Waals surface area contributed by atoms with Crippen molar-refractivity contribution in [3.63, 3.8) is 0 Å². The number of benzene rings is 4. The Balaban J connectivity index is 1.19. The highest BCUT2D eigenvalue weighted by atomic mass is 35.5. The maximum Gasteiger partial charge on any atom is 0.355 e. The van der Waals surface area contributed by atoms with E-state index in [4.69, 9.17) is 16.3 Å². The predicted molar refractivity (Wildman–Crippen MR) is 206 cm³/mol. The monoisotopic (exact) mass is 762 g/mol. The first kappa shape index (κ1) is 37.7. The SMILES string of the molecule is CC(C)(C)OC(=O)c1cc2cc(NC(=O)[C@H](Cc3ccc(NC(=O)Nc4ccccc4)cc3)NC(=O)C(=O)Nc3cc(Cl)ccc3-n3cnnn3)ccc2[nH]1. The maximum absolute atomic E-state index is 13.8. The average Bonchev–Trinajstić information content (AvgIpc) is 3.83. The summed E-state index contributed by atoms with van der Waals surface area (Å²) in [4.78, 5) is 68.6. The molecule has 4 aromatic carbocycles. The summed E-state index contributed by atoms with van der Waals surface area (Å²) in [5.74, 6) is -3.36. The van der Waals surface area contributed by atoms with E-state index in [0.717, 1.165) is 0 Å². The Labute approximate surface area is 319 Å². The van der Waals surface area contributed by atoms with E-state index in [1.807, 2.05) is 6.07 Å². The molecule has 0 aliphatic rings. The molecule has 280 valence electrons. The van der Waals surface area contributed by atoms with Crippen molar-refractivity contribution in [2.45, 2.75) is 38.8 Å². The maximum atomic E-state index is 13.8. The third kappa shape index (κ3) is 10.1. The zero-order valence-electron chi connectivity index (χ0n) is 29.7. The molecule has 2 aromatic heterocycles. The van der Waals surface area contributed by atoms with Crippen LogP contribution in [0.2, 0.25) is 5.02 Å². The van der Waals surface area contributed by atoms with Gasteiger partial charge in [-0.05, 0) is 103 Å². The van der Waals surface area contributed by atoms with Crippen LogP contribution in [0.1, 0.15) is 36.8 Å². The van der Waals surface area contributed by atoms with Crippen LogP contribution in [-0.4, -0.2) is 66.6 Å². The van der Waals surface area contributed by atoms with Gasteiger partial charge < -0.3 is 36.3 Å². The van der Waals surface area contributed by atoms with Gasteiger partial charge in [0.1, 0.15) is 23.7 Å². The lowest BCUT2D eigenvalue weighted by molar-refractivity contribution is -0.137. The van der Waals surface area contributed by atoms with Gasteiger partial charge in [-0.3, -0.25) is 14.4 Å². The molecule has 2 heterocycles. The molecule has 0 aliphatic heterocycles. The van der Waals surface area contributed by atoms with Crippen LogP contribution in [0.25, 0.3) is 16.6 Å². The number of aromatic nitrogens is 5. The molecule has 5 amide bonds. The molecule has 0 spiro atoms. The number of fused-ring (bicyclic) bond motifs is 1. The Hall–Kier alpha value is -7.07. The number of nitrogens with one attached hydrogen (secondary N) is 6. The first-order chi connectivity index (χ1) is 26.3. The lowest BCUT2D eigenvalue weighted by Crippen LogP contribution is -2.49. The zero-order chi connectivity index (χ0) is 39.1. The number of tetrazole rings is 1. The molecule has 6 rings (SSSR count). The zero-order valence-corrected chi connectivity index (χ0v) is 30.5. The van der Waals surface area contributed by atoms with E-state index >= 15 is 0 Å². The lowest BCUT2D eigenvalue weighted by atomic mass is 10.0. The number of carbonyl (C=O) groups is 5. The molecule has 17 heteroatoms. The van der Waals surface area contributed by atoms with Gasteiger partial charge >= 0.3 is 23.8 Å². The first-order valence-electron chi connectivity index (χ1n) is 16.8. The van der Waals surface area contributed by atoms with Gasteiger partial charge in [0.25, 0.3) is 0 Å². The van der Waals surface area contributed by atoms with Crippen LogP contribution >= 0.6 is 11.6 Å². The smallest absolute Gasteiger partial charge is 0.355 e. The quantitative estimate of drug-likeness (QED) is 0.0745. The number of rotatable bonds is 10. The van der Waals surface area contributed by atoms with Crippen LogP contribution in [0.15, 0.2) is 103 Å². The van der Waals surface area contributed by atoms with E-state index in [-0.39, 0.29) is 22.8 Å². The van der Waals surface area contributed by atoms with Crippen molar-refractivity contribution in [1.82, 2.24) is 30.5 Å². The van der Waals surface area contributed by atoms with Gasteiger partial charge in [-0.1, -0.05) is 41.9 Å². The summed E-state index contributed by atoms with van der Waals surface area (Å²) < 4.78 is 6.74. The Morgan fingerprint density at radius 1 is 0.800 bits per heavy atom. The highest BCUT2D eigenvalue weighted by molar-refractivity contribution is 6.40. The number of nitrogens with zero attached hydrogens (tertiary/aromatic N) is 4. The van der Waals surface area contributed by atoms with Crippen molar-refractivity contribution in [2.24, 2.45) is 0 Å². The number of para-hydroxylation sites is 1. The van der Waals surface area contributed by atoms with Gasteiger partial charge in [0.2, 0.25) is 5.91 Å². The molecule has 0 saturated carbocycles. The predicted octanol–water partition coefficient (Wildman–Crippen LogP) is 5.70.